The van der Waals surface area contributed by atoms with E-state index in [-0.39, 0.29) is 18.6 Å². The summed E-state index contributed by atoms with van der Waals surface area (Å²) in [5.74, 6) is 0.538. The number of benzene rings is 3. The van der Waals surface area contributed by atoms with Crippen molar-refractivity contribution in [3.05, 3.63) is 82.0 Å². The standard InChI is InChI=1S/C26H17FO7/c1-30-20-8-14(9-21-26(20)33-12-32-21)17-10-22(28)34-19-7-6-16-24(29)18(11-31-25(16)23(17)19)13-2-4-15(27)5-3-13/h2-9,11,17H,10,12H2,1H3/t17-/m1/s1. The first kappa shape index (κ1) is 20.3. The van der Waals surface area contributed by atoms with Crippen molar-refractivity contribution in [3.8, 4) is 34.1 Å². The third-order valence-corrected chi connectivity index (χ3v) is 6.12. The predicted octanol–water partition coefficient (Wildman–Crippen LogP) is 4.78. The van der Waals surface area contributed by atoms with Crippen LogP contribution in [0.2, 0.25) is 0 Å². The third-order valence-electron chi connectivity index (χ3n) is 6.12. The maximum absolute atomic E-state index is 13.3. The Balaban J connectivity index is 1.55. The molecule has 4 aromatic rings. The van der Waals surface area contributed by atoms with Gasteiger partial charge >= 0.3 is 5.97 Å². The summed E-state index contributed by atoms with van der Waals surface area (Å²) in [7, 11) is 1.52. The second-order valence-corrected chi connectivity index (χ2v) is 8.03. The predicted molar refractivity (Wildman–Crippen MR) is 119 cm³/mol. The Morgan fingerprint density at radius 2 is 1.82 bits per heavy atom. The fourth-order valence-electron chi connectivity index (χ4n) is 4.52. The van der Waals surface area contributed by atoms with Crippen molar-refractivity contribution >= 4 is 16.9 Å². The lowest BCUT2D eigenvalue weighted by atomic mass is 9.85. The Hall–Kier alpha value is -4.33. The van der Waals surface area contributed by atoms with E-state index in [4.69, 9.17) is 23.4 Å². The second-order valence-electron chi connectivity index (χ2n) is 8.03. The lowest BCUT2D eigenvalue weighted by Crippen LogP contribution is -2.22. The van der Waals surface area contributed by atoms with Crippen LogP contribution in [0.25, 0.3) is 22.1 Å². The highest BCUT2D eigenvalue weighted by Crippen LogP contribution is 2.48. The normalized spacial score (nSPS) is 16.3. The highest BCUT2D eigenvalue weighted by atomic mass is 19.1. The number of carbonyl (C=O) groups excluding carboxylic acids is 1. The molecule has 0 aliphatic carbocycles. The fraction of sp³-hybridized carbons (Fsp3) is 0.154. The monoisotopic (exact) mass is 460 g/mol. The first-order valence-corrected chi connectivity index (χ1v) is 10.6. The van der Waals surface area contributed by atoms with Crippen LogP contribution in [0.1, 0.15) is 23.5 Å². The zero-order valence-electron chi connectivity index (χ0n) is 17.9. The second kappa shape index (κ2) is 7.62. The molecule has 3 heterocycles. The lowest BCUT2D eigenvalue weighted by molar-refractivity contribution is -0.135. The first-order chi connectivity index (χ1) is 16.5. The Kier molecular flexibility index (Phi) is 4.55. The van der Waals surface area contributed by atoms with Gasteiger partial charge in [0, 0.05) is 11.5 Å². The molecule has 3 aromatic carbocycles. The van der Waals surface area contributed by atoms with Gasteiger partial charge in [-0.15, -0.1) is 0 Å². The molecule has 7 nitrogen and oxygen atoms in total. The molecule has 6 rings (SSSR count). The summed E-state index contributed by atoms with van der Waals surface area (Å²) >= 11 is 0. The highest BCUT2D eigenvalue weighted by Gasteiger charge is 2.34. The van der Waals surface area contributed by atoms with Crippen molar-refractivity contribution in [1.29, 1.82) is 0 Å². The first-order valence-electron chi connectivity index (χ1n) is 10.6. The van der Waals surface area contributed by atoms with E-state index in [0.717, 1.165) is 5.56 Å². The van der Waals surface area contributed by atoms with E-state index in [1.54, 1.807) is 24.3 Å². The molecule has 0 N–H and O–H groups in total. The Morgan fingerprint density at radius 1 is 1.00 bits per heavy atom. The van der Waals surface area contributed by atoms with Gasteiger partial charge in [0.2, 0.25) is 18.0 Å². The number of rotatable bonds is 3. The minimum absolute atomic E-state index is 0.0400. The van der Waals surface area contributed by atoms with Crippen LogP contribution in [0.15, 0.2) is 64.0 Å². The van der Waals surface area contributed by atoms with E-state index in [0.29, 0.717) is 50.7 Å². The molecule has 0 amide bonds. The molecule has 2 aliphatic heterocycles. The summed E-state index contributed by atoms with van der Waals surface area (Å²) in [5.41, 5.74) is 2.22. The van der Waals surface area contributed by atoms with Crippen molar-refractivity contribution in [2.45, 2.75) is 12.3 Å². The molecule has 2 aliphatic rings. The van der Waals surface area contributed by atoms with Gasteiger partial charge in [-0.25, -0.2) is 4.39 Å². The number of methoxy groups -OCH3 is 1. The van der Waals surface area contributed by atoms with Gasteiger partial charge in [0.15, 0.2) is 11.5 Å². The number of carbonyl (C=O) groups is 1. The average molecular weight is 460 g/mol. The van der Waals surface area contributed by atoms with Gasteiger partial charge in [-0.05, 0) is 47.5 Å². The lowest BCUT2D eigenvalue weighted by Gasteiger charge is -2.26. The SMILES string of the molecule is COc1cc([C@H]2CC(=O)Oc3ccc4c(=O)c(-c5ccc(F)cc5)coc4c32)cc2c1OCO2. The summed E-state index contributed by atoms with van der Waals surface area (Å²) in [6.45, 7) is 0.0718. The van der Waals surface area contributed by atoms with Gasteiger partial charge in [0.1, 0.15) is 23.4 Å². The summed E-state index contributed by atoms with van der Waals surface area (Å²) in [6.07, 6.45) is 1.39. The van der Waals surface area contributed by atoms with Gasteiger partial charge in [0.05, 0.1) is 24.5 Å². The van der Waals surface area contributed by atoms with Gasteiger partial charge in [-0.2, -0.15) is 0 Å². The molecule has 0 saturated heterocycles. The van der Waals surface area contributed by atoms with Crippen molar-refractivity contribution in [1.82, 2.24) is 0 Å². The fourth-order valence-corrected chi connectivity index (χ4v) is 4.52. The molecular weight excluding hydrogens is 443 g/mol. The topological polar surface area (TPSA) is 84.2 Å². The summed E-state index contributed by atoms with van der Waals surface area (Å²) in [4.78, 5) is 25.8. The van der Waals surface area contributed by atoms with Crippen molar-refractivity contribution in [2.75, 3.05) is 13.9 Å². The van der Waals surface area contributed by atoms with Crippen molar-refractivity contribution < 1.29 is 32.5 Å². The molecule has 0 fully saturated rings. The molecule has 0 bridgehead atoms. The molecule has 0 unspecified atom stereocenters. The third kappa shape index (κ3) is 3.10. The van der Waals surface area contributed by atoms with E-state index in [9.17, 15) is 14.0 Å². The summed E-state index contributed by atoms with van der Waals surface area (Å²) in [5, 5.41) is 0.330. The zero-order chi connectivity index (χ0) is 23.4. The van der Waals surface area contributed by atoms with Crippen LogP contribution in [0, 0.1) is 5.82 Å². The van der Waals surface area contributed by atoms with E-state index in [2.05, 4.69) is 0 Å². The molecule has 8 heteroatoms. The minimum atomic E-state index is -0.469. The van der Waals surface area contributed by atoms with Crippen molar-refractivity contribution in [3.63, 3.8) is 0 Å². The molecule has 0 radical (unpaired) electrons. The number of halogens is 1. The zero-order valence-corrected chi connectivity index (χ0v) is 17.9. The van der Waals surface area contributed by atoms with Crippen LogP contribution in [0.4, 0.5) is 4.39 Å². The van der Waals surface area contributed by atoms with Gasteiger partial charge < -0.3 is 23.4 Å². The number of hydrogen-bond acceptors (Lipinski definition) is 7. The number of esters is 1. The van der Waals surface area contributed by atoms with Gasteiger partial charge in [-0.3, -0.25) is 9.59 Å². The molecular formula is C26H17FO7. The van der Waals surface area contributed by atoms with Gasteiger partial charge in [0.25, 0.3) is 0 Å². The van der Waals surface area contributed by atoms with Crippen LogP contribution in [-0.2, 0) is 4.79 Å². The quantitative estimate of drug-likeness (QED) is 0.321. The van der Waals surface area contributed by atoms with Crippen molar-refractivity contribution in [2.24, 2.45) is 0 Å². The van der Waals surface area contributed by atoms with Crippen LogP contribution in [0.3, 0.4) is 0 Å². The Morgan fingerprint density at radius 3 is 2.62 bits per heavy atom. The average Bonchev–Trinajstić information content (AvgIpc) is 3.32. The molecule has 1 atom stereocenters. The molecule has 0 saturated carbocycles. The maximum Gasteiger partial charge on any atom is 0.312 e. The molecule has 170 valence electrons. The van der Waals surface area contributed by atoms with Crippen LogP contribution >= 0.6 is 0 Å². The molecule has 1 aromatic heterocycles. The van der Waals surface area contributed by atoms with E-state index in [1.165, 1.54) is 37.6 Å². The summed E-state index contributed by atoms with van der Waals surface area (Å²) in [6, 6.07) is 12.4. The molecule has 34 heavy (non-hydrogen) atoms. The van der Waals surface area contributed by atoms with Gasteiger partial charge in [-0.1, -0.05) is 12.1 Å². The largest absolute Gasteiger partial charge is 0.493 e. The minimum Gasteiger partial charge on any atom is -0.493 e. The van der Waals surface area contributed by atoms with Crippen LogP contribution < -0.4 is 24.4 Å². The Labute approximate surface area is 192 Å². The summed E-state index contributed by atoms with van der Waals surface area (Å²) < 4.78 is 41.3. The number of hydrogen-bond donors (Lipinski definition) is 0. The number of ether oxygens (including phenoxy) is 4. The van der Waals surface area contributed by atoms with E-state index >= 15 is 0 Å². The number of fused-ring (bicyclic) bond motifs is 4. The Bertz CT molecular complexity index is 1520. The van der Waals surface area contributed by atoms with E-state index in [1.807, 2.05) is 0 Å². The van der Waals surface area contributed by atoms with Crippen LogP contribution in [-0.4, -0.2) is 19.9 Å². The smallest absolute Gasteiger partial charge is 0.312 e. The van der Waals surface area contributed by atoms with Crippen LogP contribution in [0.5, 0.6) is 23.0 Å². The van der Waals surface area contributed by atoms with E-state index < -0.39 is 17.7 Å². The maximum atomic E-state index is 13.3. The molecule has 0 spiro atoms. The highest BCUT2D eigenvalue weighted by molar-refractivity contribution is 5.90.